The second-order valence-corrected chi connectivity index (χ2v) is 6.23. The maximum absolute atomic E-state index is 12.5. The van der Waals surface area contributed by atoms with E-state index in [9.17, 15) is 9.59 Å². The monoisotopic (exact) mass is 378 g/mol. The number of ether oxygens (including phenoxy) is 1. The van der Waals surface area contributed by atoms with Gasteiger partial charge in [-0.05, 0) is 43.7 Å². The van der Waals surface area contributed by atoms with Crippen LogP contribution >= 0.6 is 0 Å². The number of rotatable bonds is 6. The SMILES string of the molecule is CCOC(=O)c1cnn(-c2ccc(C(=O)N[C@@H](C)c3ccccc3)cc2)c1N. The fourth-order valence-electron chi connectivity index (χ4n) is 2.79. The predicted octanol–water partition coefficient (Wildman–Crippen LogP) is 3.12. The van der Waals surface area contributed by atoms with E-state index in [-0.39, 0.29) is 29.9 Å². The smallest absolute Gasteiger partial charge is 0.343 e. The van der Waals surface area contributed by atoms with Crippen LogP contribution in [0.4, 0.5) is 5.82 Å². The lowest BCUT2D eigenvalue weighted by atomic mass is 10.1. The molecule has 0 aliphatic carbocycles. The Bertz CT molecular complexity index is 965. The third-order valence-corrected chi connectivity index (χ3v) is 4.32. The Labute approximate surface area is 163 Å². The van der Waals surface area contributed by atoms with Crippen LogP contribution in [0.15, 0.2) is 60.8 Å². The molecule has 1 heterocycles. The Morgan fingerprint density at radius 1 is 1.14 bits per heavy atom. The summed E-state index contributed by atoms with van der Waals surface area (Å²) in [6, 6.07) is 16.5. The summed E-state index contributed by atoms with van der Waals surface area (Å²) in [7, 11) is 0. The van der Waals surface area contributed by atoms with Gasteiger partial charge in [0.15, 0.2) is 0 Å². The highest BCUT2D eigenvalue weighted by Crippen LogP contribution is 2.19. The van der Waals surface area contributed by atoms with E-state index in [0.29, 0.717) is 11.3 Å². The maximum atomic E-state index is 12.5. The minimum atomic E-state index is -0.517. The van der Waals surface area contributed by atoms with Gasteiger partial charge < -0.3 is 15.8 Å². The van der Waals surface area contributed by atoms with Gasteiger partial charge in [0, 0.05) is 5.56 Å². The molecule has 3 aromatic rings. The van der Waals surface area contributed by atoms with Crippen molar-refractivity contribution in [3.05, 3.63) is 77.5 Å². The predicted molar refractivity (Wildman–Crippen MR) is 106 cm³/mol. The van der Waals surface area contributed by atoms with Gasteiger partial charge in [0.2, 0.25) is 0 Å². The molecule has 0 saturated carbocycles. The summed E-state index contributed by atoms with van der Waals surface area (Å²) in [5.74, 6) is -0.506. The largest absolute Gasteiger partial charge is 0.462 e. The number of amides is 1. The molecule has 3 N–H and O–H groups in total. The summed E-state index contributed by atoms with van der Waals surface area (Å²) >= 11 is 0. The number of nitrogen functional groups attached to an aromatic ring is 1. The topological polar surface area (TPSA) is 99.2 Å². The van der Waals surface area contributed by atoms with E-state index in [1.54, 1.807) is 31.2 Å². The minimum Gasteiger partial charge on any atom is -0.462 e. The molecule has 28 heavy (non-hydrogen) atoms. The van der Waals surface area contributed by atoms with E-state index >= 15 is 0 Å². The normalized spacial score (nSPS) is 11.6. The van der Waals surface area contributed by atoms with Crippen molar-refractivity contribution in [3.63, 3.8) is 0 Å². The van der Waals surface area contributed by atoms with Crippen molar-refractivity contribution in [2.24, 2.45) is 0 Å². The zero-order valence-corrected chi connectivity index (χ0v) is 15.8. The summed E-state index contributed by atoms with van der Waals surface area (Å²) in [6.45, 7) is 3.92. The molecule has 3 rings (SSSR count). The van der Waals surface area contributed by atoms with Crippen molar-refractivity contribution in [1.82, 2.24) is 15.1 Å². The van der Waals surface area contributed by atoms with Gasteiger partial charge in [0.1, 0.15) is 11.4 Å². The molecule has 0 aliphatic heterocycles. The molecule has 0 saturated heterocycles. The van der Waals surface area contributed by atoms with Crippen LogP contribution in [0.2, 0.25) is 0 Å². The van der Waals surface area contributed by atoms with Gasteiger partial charge in [-0.25, -0.2) is 9.48 Å². The first-order valence-corrected chi connectivity index (χ1v) is 8.98. The van der Waals surface area contributed by atoms with Gasteiger partial charge in [-0.15, -0.1) is 0 Å². The number of nitrogens with two attached hydrogens (primary N) is 1. The number of nitrogens with one attached hydrogen (secondary N) is 1. The van der Waals surface area contributed by atoms with Gasteiger partial charge in [0.25, 0.3) is 5.91 Å². The van der Waals surface area contributed by atoms with Gasteiger partial charge in [-0.2, -0.15) is 5.10 Å². The highest BCUT2D eigenvalue weighted by atomic mass is 16.5. The average Bonchev–Trinajstić information content (AvgIpc) is 3.10. The van der Waals surface area contributed by atoms with Crippen molar-refractivity contribution in [2.45, 2.75) is 19.9 Å². The number of hydrogen-bond acceptors (Lipinski definition) is 5. The van der Waals surface area contributed by atoms with Gasteiger partial charge in [-0.3, -0.25) is 4.79 Å². The molecule has 0 unspecified atom stereocenters. The second kappa shape index (κ2) is 8.39. The van der Waals surface area contributed by atoms with Crippen LogP contribution in [0.1, 0.15) is 46.2 Å². The standard InChI is InChI=1S/C21H22N4O3/c1-3-28-21(27)18-13-23-25(19(18)22)17-11-9-16(10-12-17)20(26)24-14(2)15-7-5-4-6-8-15/h4-14H,3,22H2,1-2H3,(H,24,26)/t14-/m0/s1. The molecule has 0 spiro atoms. The van der Waals surface area contributed by atoms with E-state index in [2.05, 4.69) is 10.4 Å². The van der Waals surface area contributed by atoms with E-state index in [4.69, 9.17) is 10.5 Å². The summed E-state index contributed by atoms with van der Waals surface area (Å²) in [4.78, 5) is 24.4. The van der Waals surface area contributed by atoms with Crippen LogP contribution in [-0.4, -0.2) is 28.3 Å². The molecule has 2 aromatic carbocycles. The highest BCUT2D eigenvalue weighted by Gasteiger charge is 2.17. The van der Waals surface area contributed by atoms with Crippen LogP contribution in [0.5, 0.6) is 0 Å². The van der Waals surface area contributed by atoms with Crippen LogP contribution in [0, 0.1) is 0 Å². The molecule has 1 amide bonds. The summed E-state index contributed by atoms with van der Waals surface area (Å²) in [6.07, 6.45) is 1.37. The first kappa shape index (κ1) is 19.2. The van der Waals surface area contributed by atoms with Crippen LogP contribution in [0.3, 0.4) is 0 Å². The number of carbonyl (C=O) groups is 2. The summed E-state index contributed by atoms with van der Waals surface area (Å²) in [5, 5.41) is 7.11. The Morgan fingerprint density at radius 2 is 1.82 bits per heavy atom. The first-order valence-electron chi connectivity index (χ1n) is 8.98. The second-order valence-electron chi connectivity index (χ2n) is 6.23. The zero-order valence-electron chi connectivity index (χ0n) is 15.8. The summed E-state index contributed by atoms with van der Waals surface area (Å²) < 4.78 is 6.39. The van der Waals surface area contributed by atoms with Crippen molar-refractivity contribution in [1.29, 1.82) is 0 Å². The molecular formula is C21H22N4O3. The number of hydrogen-bond donors (Lipinski definition) is 2. The highest BCUT2D eigenvalue weighted by molar-refractivity contribution is 5.95. The average molecular weight is 378 g/mol. The lowest BCUT2D eigenvalue weighted by Crippen LogP contribution is -2.26. The van der Waals surface area contributed by atoms with Crippen LogP contribution in [-0.2, 0) is 4.74 Å². The van der Waals surface area contributed by atoms with Gasteiger partial charge >= 0.3 is 5.97 Å². The molecule has 7 nitrogen and oxygen atoms in total. The zero-order chi connectivity index (χ0) is 20.1. The lowest BCUT2D eigenvalue weighted by Gasteiger charge is -2.14. The fourth-order valence-corrected chi connectivity index (χ4v) is 2.79. The van der Waals surface area contributed by atoms with E-state index in [0.717, 1.165) is 5.56 Å². The number of benzene rings is 2. The lowest BCUT2D eigenvalue weighted by molar-refractivity contribution is 0.0527. The number of anilines is 1. The fraction of sp³-hybridized carbons (Fsp3) is 0.190. The van der Waals surface area contributed by atoms with Crippen molar-refractivity contribution in [2.75, 3.05) is 12.3 Å². The van der Waals surface area contributed by atoms with Crippen molar-refractivity contribution >= 4 is 17.7 Å². The number of nitrogens with zero attached hydrogens (tertiary/aromatic N) is 2. The third kappa shape index (κ3) is 4.03. The molecule has 1 atom stereocenters. The van der Waals surface area contributed by atoms with Crippen LogP contribution in [0.25, 0.3) is 5.69 Å². The van der Waals surface area contributed by atoms with Crippen molar-refractivity contribution < 1.29 is 14.3 Å². The Morgan fingerprint density at radius 3 is 2.46 bits per heavy atom. The maximum Gasteiger partial charge on any atom is 0.343 e. The Balaban J connectivity index is 1.73. The van der Waals surface area contributed by atoms with E-state index in [1.807, 2.05) is 37.3 Å². The molecule has 1 aromatic heterocycles. The van der Waals surface area contributed by atoms with E-state index < -0.39 is 5.97 Å². The Kier molecular flexibility index (Phi) is 5.74. The van der Waals surface area contributed by atoms with E-state index in [1.165, 1.54) is 10.9 Å². The molecule has 0 aliphatic rings. The quantitative estimate of drug-likeness (QED) is 0.642. The summed E-state index contributed by atoms with van der Waals surface area (Å²) in [5.41, 5.74) is 8.41. The third-order valence-electron chi connectivity index (χ3n) is 4.32. The number of carbonyl (C=O) groups excluding carboxylic acids is 2. The molecular weight excluding hydrogens is 356 g/mol. The molecule has 7 heteroatoms. The van der Waals surface area contributed by atoms with Crippen LogP contribution < -0.4 is 11.1 Å². The number of esters is 1. The molecule has 0 bridgehead atoms. The van der Waals surface area contributed by atoms with Crippen molar-refractivity contribution in [3.8, 4) is 5.69 Å². The molecule has 0 radical (unpaired) electrons. The number of aromatic nitrogens is 2. The molecule has 144 valence electrons. The Hall–Kier alpha value is -3.61. The first-order chi connectivity index (χ1) is 13.5. The molecule has 0 fully saturated rings. The van der Waals surface area contributed by atoms with Gasteiger partial charge in [0.05, 0.1) is 24.5 Å². The minimum absolute atomic E-state index is 0.109. The van der Waals surface area contributed by atoms with Gasteiger partial charge in [-0.1, -0.05) is 30.3 Å².